The number of para-hydroxylation sites is 1. The summed E-state index contributed by atoms with van der Waals surface area (Å²) in [5.74, 6) is 1.13. The summed E-state index contributed by atoms with van der Waals surface area (Å²) in [4.78, 5) is 32.0. The number of nitrogens with zero attached hydrogens (tertiary/aromatic N) is 3. The van der Waals surface area contributed by atoms with Crippen LogP contribution in [-0.2, 0) is 11.3 Å². The van der Waals surface area contributed by atoms with Crippen molar-refractivity contribution in [3.05, 3.63) is 70.6 Å². The average Bonchev–Trinajstić information content (AvgIpc) is 3.26. The fourth-order valence-electron chi connectivity index (χ4n) is 3.10. The molecule has 0 saturated carbocycles. The zero-order valence-electron chi connectivity index (χ0n) is 17.5. The number of methoxy groups -OCH3 is 2. The lowest BCUT2D eigenvalue weighted by atomic mass is 10.2. The number of nitrogens with one attached hydrogen (secondary N) is 2. The van der Waals surface area contributed by atoms with Crippen LogP contribution in [0.15, 0.2) is 64.7 Å². The van der Waals surface area contributed by atoms with Crippen molar-refractivity contribution >= 4 is 28.7 Å². The average molecular weight is 452 g/mol. The van der Waals surface area contributed by atoms with Crippen molar-refractivity contribution in [2.45, 2.75) is 11.7 Å². The monoisotopic (exact) mass is 451 g/mol. The molecule has 2 aromatic heterocycles. The van der Waals surface area contributed by atoms with Gasteiger partial charge in [-0.2, -0.15) is 5.10 Å². The molecule has 0 radical (unpaired) electrons. The third-order valence-corrected chi connectivity index (χ3v) is 5.57. The number of amides is 1. The van der Waals surface area contributed by atoms with E-state index in [1.54, 1.807) is 25.0 Å². The van der Waals surface area contributed by atoms with Crippen LogP contribution < -0.4 is 20.3 Å². The van der Waals surface area contributed by atoms with Gasteiger partial charge in [0.2, 0.25) is 5.91 Å². The molecule has 0 aliphatic carbocycles. The minimum absolute atomic E-state index is 0.0984. The summed E-state index contributed by atoms with van der Waals surface area (Å²) in [6.07, 6.45) is 1.48. The number of rotatable bonds is 8. The number of ether oxygens (including phenoxy) is 2. The van der Waals surface area contributed by atoms with Gasteiger partial charge >= 0.3 is 0 Å². The van der Waals surface area contributed by atoms with E-state index in [9.17, 15) is 9.59 Å². The number of thioether (sulfide) groups is 1. The summed E-state index contributed by atoms with van der Waals surface area (Å²) in [6.45, 7) is 0.337. The Morgan fingerprint density at radius 3 is 2.66 bits per heavy atom. The van der Waals surface area contributed by atoms with Crippen molar-refractivity contribution in [3.8, 4) is 17.2 Å². The molecule has 9 nitrogen and oxygen atoms in total. The number of fused-ring (bicyclic) bond motifs is 1. The highest BCUT2D eigenvalue weighted by Gasteiger charge is 2.13. The van der Waals surface area contributed by atoms with Crippen LogP contribution in [0.4, 0.5) is 0 Å². The Bertz CT molecular complexity index is 1300. The van der Waals surface area contributed by atoms with E-state index in [0.29, 0.717) is 34.2 Å². The maximum Gasteiger partial charge on any atom is 0.262 e. The van der Waals surface area contributed by atoms with Gasteiger partial charge in [-0.1, -0.05) is 36.0 Å². The minimum Gasteiger partial charge on any atom is -0.493 e. The van der Waals surface area contributed by atoms with Gasteiger partial charge in [0.25, 0.3) is 5.56 Å². The van der Waals surface area contributed by atoms with Crippen LogP contribution in [0.3, 0.4) is 0 Å². The van der Waals surface area contributed by atoms with Gasteiger partial charge in [-0.25, -0.2) is 9.67 Å². The van der Waals surface area contributed by atoms with Gasteiger partial charge < -0.3 is 19.8 Å². The molecule has 0 saturated heterocycles. The molecular weight excluding hydrogens is 430 g/mol. The van der Waals surface area contributed by atoms with Crippen LogP contribution in [0.25, 0.3) is 16.7 Å². The van der Waals surface area contributed by atoms with Crippen LogP contribution in [0.2, 0.25) is 0 Å². The molecule has 0 atom stereocenters. The molecular formula is C22H21N5O4S. The predicted molar refractivity (Wildman–Crippen MR) is 122 cm³/mol. The lowest BCUT2D eigenvalue weighted by molar-refractivity contribution is -0.118. The van der Waals surface area contributed by atoms with Crippen molar-refractivity contribution in [1.29, 1.82) is 0 Å². The maximum absolute atomic E-state index is 12.4. The van der Waals surface area contributed by atoms with E-state index in [2.05, 4.69) is 20.4 Å². The third-order valence-electron chi connectivity index (χ3n) is 4.69. The number of aromatic amines is 1. The smallest absolute Gasteiger partial charge is 0.262 e. The highest BCUT2D eigenvalue weighted by Crippen LogP contribution is 2.27. The molecule has 1 amide bonds. The van der Waals surface area contributed by atoms with Crippen LogP contribution >= 0.6 is 11.8 Å². The number of carbonyl (C=O) groups excluding carboxylic acids is 1. The highest BCUT2D eigenvalue weighted by atomic mass is 32.2. The lowest BCUT2D eigenvalue weighted by Crippen LogP contribution is -2.24. The molecule has 0 bridgehead atoms. The van der Waals surface area contributed by atoms with Gasteiger partial charge in [0.15, 0.2) is 22.3 Å². The van der Waals surface area contributed by atoms with Crippen molar-refractivity contribution in [2.75, 3.05) is 20.0 Å². The number of hydrogen-bond acceptors (Lipinski definition) is 7. The molecule has 4 rings (SSSR count). The molecule has 2 N–H and O–H groups in total. The Kier molecular flexibility index (Phi) is 6.41. The van der Waals surface area contributed by atoms with Crippen molar-refractivity contribution in [3.63, 3.8) is 0 Å². The van der Waals surface area contributed by atoms with Gasteiger partial charge in [-0.3, -0.25) is 9.59 Å². The number of aromatic nitrogens is 4. The van der Waals surface area contributed by atoms with E-state index in [1.165, 1.54) is 6.20 Å². The molecule has 0 spiro atoms. The Labute approximate surface area is 187 Å². The van der Waals surface area contributed by atoms with E-state index in [1.807, 2.05) is 42.5 Å². The Morgan fingerprint density at radius 1 is 1.12 bits per heavy atom. The van der Waals surface area contributed by atoms with Crippen LogP contribution in [-0.4, -0.2) is 45.6 Å². The van der Waals surface area contributed by atoms with Crippen molar-refractivity contribution in [1.82, 2.24) is 25.1 Å². The first-order chi connectivity index (χ1) is 15.6. The van der Waals surface area contributed by atoms with E-state index in [-0.39, 0.29) is 17.2 Å². The van der Waals surface area contributed by atoms with Crippen molar-refractivity contribution < 1.29 is 14.3 Å². The minimum atomic E-state index is -0.301. The second kappa shape index (κ2) is 9.56. The second-order valence-electron chi connectivity index (χ2n) is 6.76. The standard InChI is InChI=1S/C22H21N5O4S/c1-30-17-9-8-14(10-18(17)31-2)11-23-19(28)13-32-22-25-20-16(21(29)26-22)12-24-27(20)15-6-4-3-5-7-15/h3-10,12H,11,13H2,1-2H3,(H,23,28)(H,25,26,29). The number of benzene rings is 2. The van der Waals surface area contributed by atoms with Gasteiger partial charge in [-0.05, 0) is 29.8 Å². The number of carbonyl (C=O) groups is 1. The second-order valence-corrected chi connectivity index (χ2v) is 7.72. The SMILES string of the molecule is COc1ccc(CNC(=O)CSc2nc3c(cnn3-c3ccccc3)c(=O)[nH]2)cc1OC. The van der Waals surface area contributed by atoms with Crippen LogP contribution in [0.5, 0.6) is 11.5 Å². The van der Waals surface area contributed by atoms with E-state index in [0.717, 1.165) is 23.0 Å². The molecule has 0 aliphatic rings. The van der Waals surface area contributed by atoms with E-state index in [4.69, 9.17) is 9.47 Å². The highest BCUT2D eigenvalue weighted by molar-refractivity contribution is 7.99. The fraction of sp³-hybridized carbons (Fsp3) is 0.182. The molecule has 2 aromatic carbocycles. The lowest BCUT2D eigenvalue weighted by Gasteiger charge is -2.10. The molecule has 0 fully saturated rings. The van der Waals surface area contributed by atoms with Gasteiger partial charge in [0.05, 0.1) is 31.9 Å². The fourth-order valence-corrected chi connectivity index (χ4v) is 3.79. The number of H-pyrrole nitrogens is 1. The van der Waals surface area contributed by atoms with E-state index >= 15 is 0 Å². The zero-order chi connectivity index (χ0) is 22.5. The Hall–Kier alpha value is -3.79. The molecule has 164 valence electrons. The summed E-state index contributed by atoms with van der Waals surface area (Å²) in [6, 6.07) is 14.9. The molecule has 2 heterocycles. The summed E-state index contributed by atoms with van der Waals surface area (Å²) in [5, 5.41) is 7.86. The van der Waals surface area contributed by atoms with E-state index < -0.39 is 0 Å². The Morgan fingerprint density at radius 2 is 1.91 bits per heavy atom. The van der Waals surface area contributed by atoms with Gasteiger partial charge in [0, 0.05) is 6.54 Å². The molecule has 32 heavy (non-hydrogen) atoms. The Balaban J connectivity index is 1.43. The zero-order valence-corrected chi connectivity index (χ0v) is 18.3. The predicted octanol–water partition coefficient (Wildman–Crippen LogP) is 2.53. The maximum atomic E-state index is 12.4. The first-order valence-corrected chi connectivity index (χ1v) is 10.7. The molecule has 4 aromatic rings. The van der Waals surface area contributed by atoms with Crippen LogP contribution in [0, 0.1) is 0 Å². The van der Waals surface area contributed by atoms with Crippen molar-refractivity contribution in [2.24, 2.45) is 0 Å². The first kappa shape index (κ1) is 21.4. The molecule has 0 aliphatic heterocycles. The quantitative estimate of drug-likeness (QED) is 0.313. The van der Waals surface area contributed by atoms with Crippen LogP contribution in [0.1, 0.15) is 5.56 Å². The summed E-state index contributed by atoms with van der Waals surface area (Å²) in [7, 11) is 3.13. The summed E-state index contributed by atoms with van der Waals surface area (Å²) in [5.41, 5.74) is 1.81. The van der Waals surface area contributed by atoms with Gasteiger partial charge in [-0.15, -0.1) is 0 Å². The normalized spacial score (nSPS) is 10.8. The summed E-state index contributed by atoms with van der Waals surface area (Å²) < 4.78 is 12.1. The largest absolute Gasteiger partial charge is 0.493 e. The molecule has 0 unspecified atom stereocenters. The third kappa shape index (κ3) is 4.59. The summed E-state index contributed by atoms with van der Waals surface area (Å²) >= 11 is 1.15. The molecule has 10 heteroatoms. The van der Waals surface area contributed by atoms with Gasteiger partial charge in [0.1, 0.15) is 5.39 Å². The topological polar surface area (TPSA) is 111 Å². The number of hydrogen-bond donors (Lipinski definition) is 2. The first-order valence-electron chi connectivity index (χ1n) is 9.73.